The Morgan fingerprint density at radius 2 is 1.94 bits per heavy atom. The van der Waals surface area contributed by atoms with Crippen molar-refractivity contribution in [3.8, 4) is 11.1 Å². The van der Waals surface area contributed by atoms with E-state index in [9.17, 15) is 0 Å². The third kappa shape index (κ3) is 2.56. The molecule has 0 fully saturated rings. The van der Waals surface area contributed by atoms with E-state index in [2.05, 4.69) is 0 Å². The summed E-state index contributed by atoms with van der Waals surface area (Å²) < 4.78 is 5.04. The van der Waals surface area contributed by atoms with Gasteiger partial charge in [-0.1, -0.05) is 0 Å². The Balaban J connectivity index is 0.00000128. The van der Waals surface area contributed by atoms with Gasteiger partial charge in [-0.05, 0) is 42.3 Å². The number of nitrogens with two attached hydrogens (primary N) is 2. The normalized spacial score (nSPS) is 11.9. The zero-order valence-electron chi connectivity index (χ0n) is 9.01. The molecule has 86 valence electrons. The third-order valence-electron chi connectivity index (χ3n) is 2.36. The molecule has 1 heterocycles. The van der Waals surface area contributed by atoms with E-state index in [1.807, 2.05) is 31.2 Å². The zero-order valence-corrected chi connectivity index (χ0v) is 9.83. The van der Waals surface area contributed by atoms with Crippen LogP contribution in [0.3, 0.4) is 0 Å². The van der Waals surface area contributed by atoms with Crippen LogP contribution in [0.4, 0.5) is 5.69 Å². The number of halogens is 1. The van der Waals surface area contributed by atoms with E-state index in [0.717, 1.165) is 22.4 Å². The number of benzene rings is 1. The summed E-state index contributed by atoms with van der Waals surface area (Å²) in [6.07, 6.45) is 3.34. The summed E-state index contributed by atoms with van der Waals surface area (Å²) in [6, 6.07) is 7.73. The Hall–Kier alpha value is -1.45. The van der Waals surface area contributed by atoms with Gasteiger partial charge in [0, 0.05) is 17.3 Å². The first-order chi connectivity index (χ1) is 7.16. The van der Waals surface area contributed by atoms with Crippen LogP contribution >= 0.6 is 12.4 Å². The minimum Gasteiger partial charge on any atom is -0.472 e. The minimum absolute atomic E-state index is 0. The number of anilines is 1. The van der Waals surface area contributed by atoms with Gasteiger partial charge in [0.25, 0.3) is 0 Å². The molecule has 0 spiro atoms. The van der Waals surface area contributed by atoms with Crippen LogP contribution in [0.25, 0.3) is 11.1 Å². The van der Waals surface area contributed by atoms with Gasteiger partial charge >= 0.3 is 0 Å². The molecule has 3 nitrogen and oxygen atoms in total. The SMILES string of the molecule is C[C@@H](N)c1cc(N)cc(-c2ccoc2)c1.Cl. The molecule has 0 saturated carbocycles. The van der Waals surface area contributed by atoms with E-state index < -0.39 is 0 Å². The van der Waals surface area contributed by atoms with Crippen LogP contribution in [0.5, 0.6) is 0 Å². The summed E-state index contributed by atoms with van der Waals surface area (Å²) in [5.41, 5.74) is 15.5. The third-order valence-corrected chi connectivity index (χ3v) is 2.36. The molecule has 2 rings (SSSR count). The first-order valence-corrected chi connectivity index (χ1v) is 4.85. The maximum atomic E-state index is 5.83. The van der Waals surface area contributed by atoms with Crippen LogP contribution in [0.15, 0.2) is 41.2 Å². The van der Waals surface area contributed by atoms with E-state index in [4.69, 9.17) is 15.9 Å². The summed E-state index contributed by atoms with van der Waals surface area (Å²) >= 11 is 0. The predicted octanol–water partition coefficient (Wildman–Crippen LogP) is 2.97. The lowest BCUT2D eigenvalue weighted by Crippen LogP contribution is -2.05. The molecule has 16 heavy (non-hydrogen) atoms. The molecule has 1 aromatic carbocycles. The summed E-state index contributed by atoms with van der Waals surface area (Å²) in [5.74, 6) is 0. The second kappa shape index (κ2) is 5.05. The lowest BCUT2D eigenvalue weighted by molar-refractivity contribution is 0.568. The van der Waals surface area contributed by atoms with Gasteiger partial charge in [0.1, 0.15) is 0 Å². The first-order valence-electron chi connectivity index (χ1n) is 4.85. The summed E-state index contributed by atoms with van der Waals surface area (Å²) in [7, 11) is 0. The highest BCUT2D eigenvalue weighted by atomic mass is 35.5. The number of hydrogen-bond acceptors (Lipinski definition) is 3. The standard InChI is InChI=1S/C12H14N2O.ClH/c1-8(13)10-4-11(6-12(14)5-10)9-2-3-15-7-9;/h2-8H,13-14H2,1H3;1H/t8-;/m1./s1. The minimum atomic E-state index is -0.0147. The zero-order chi connectivity index (χ0) is 10.8. The van der Waals surface area contributed by atoms with Gasteiger partial charge in [-0.3, -0.25) is 0 Å². The Morgan fingerprint density at radius 3 is 2.50 bits per heavy atom. The molecule has 0 unspecified atom stereocenters. The van der Waals surface area contributed by atoms with Gasteiger partial charge in [0.05, 0.1) is 12.5 Å². The van der Waals surface area contributed by atoms with E-state index in [1.165, 1.54) is 0 Å². The van der Waals surface area contributed by atoms with Crippen molar-refractivity contribution in [2.75, 3.05) is 5.73 Å². The Labute approximate surface area is 101 Å². The monoisotopic (exact) mass is 238 g/mol. The van der Waals surface area contributed by atoms with Gasteiger partial charge in [-0.25, -0.2) is 0 Å². The molecule has 0 amide bonds. The number of hydrogen-bond donors (Lipinski definition) is 2. The Kier molecular flexibility index (Phi) is 3.99. The van der Waals surface area contributed by atoms with Crippen LogP contribution in [-0.4, -0.2) is 0 Å². The quantitative estimate of drug-likeness (QED) is 0.791. The average Bonchev–Trinajstić information content (AvgIpc) is 2.69. The van der Waals surface area contributed by atoms with Crippen molar-refractivity contribution >= 4 is 18.1 Å². The highest BCUT2D eigenvalue weighted by molar-refractivity contribution is 5.85. The van der Waals surface area contributed by atoms with Crippen molar-refractivity contribution in [3.63, 3.8) is 0 Å². The van der Waals surface area contributed by atoms with Crippen LogP contribution in [-0.2, 0) is 0 Å². The molecule has 0 aliphatic heterocycles. The molecule has 2 aromatic rings. The molecular weight excluding hydrogens is 224 g/mol. The highest BCUT2D eigenvalue weighted by Gasteiger charge is 2.05. The molecule has 0 aliphatic carbocycles. The van der Waals surface area contributed by atoms with Gasteiger partial charge < -0.3 is 15.9 Å². The molecule has 1 aromatic heterocycles. The maximum Gasteiger partial charge on any atom is 0.0980 e. The topological polar surface area (TPSA) is 65.2 Å². The Morgan fingerprint density at radius 1 is 1.19 bits per heavy atom. The number of rotatable bonds is 2. The van der Waals surface area contributed by atoms with E-state index in [-0.39, 0.29) is 18.4 Å². The van der Waals surface area contributed by atoms with Gasteiger partial charge in [0.15, 0.2) is 0 Å². The van der Waals surface area contributed by atoms with Crippen molar-refractivity contribution < 1.29 is 4.42 Å². The second-order valence-corrected chi connectivity index (χ2v) is 3.69. The largest absolute Gasteiger partial charge is 0.472 e. The fourth-order valence-electron chi connectivity index (χ4n) is 1.53. The number of nitrogen functional groups attached to an aromatic ring is 1. The van der Waals surface area contributed by atoms with Crippen molar-refractivity contribution in [3.05, 3.63) is 42.4 Å². The van der Waals surface area contributed by atoms with Crippen LogP contribution in [0, 0.1) is 0 Å². The van der Waals surface area contributed by atoms with Gasteiger partial charge in [-0.15, -0.1) is 12.4 Å². The predicted molar refractivity (Wildman–Crippen MR) is 68.4 cm³/mol. The molecule has 0 radical (unpaired) electrons. The number of furan rings is 1. The molecular formula is C12H15ClN2O. The van der Waals surface area contributed by atoms with Gasteiger partial charge in [0.2, 0.25) is 0 Å². The van der Waals surface area contributed by atoms with Crippen molar-refractivity contribution in [1.29, 1.82) is 0 Å². The molecule has 0 aliphatic rings. The van der Waals surface area contributed by atoms with Crippen molar-refractivity contribution in [2.24, 2.45) is 5.73 Å². The van der Waals surface area contributed by atoms with Crippen molar-refractivity contribution in [1.82, 2.24) is 0 Å². The smallest absolute Gasteiger partial charge is 0.0980 e. The Bertz CT molecular complexity index is 452. The molecule has 1 atom stereocenters. The summed E-state index contributed by atoms with van der Waals surface area (Å²) in [5, 5.41) is 0. The van der Waals surface area contributed by atoms with E-state index in [0.29, 0.717) is 0 Å². The van der Waals surface area contributed by atoms with E-state index in [1.54, 1.807) is 12.5 Å². The average molecular weight is 239 g/mol. The fraction of sp³-hybridized carbons (Fsp3) is 0.167. The maximum absolute atomic E-state index is 5.83. The highest BCUT2D eigenvalue weighted by Crippen LogP contribution is 2.25. The van der Waals surface area contributed by atoms with Crippen LogP contribution in [0.2, 0.25) is 0 Å². The molecule has 4 heteroatoms. The lowest BCUT2D eigenvalue weighted by Gasteiger charge is -2.09. The second-order valence-electron chi connectivity index (χ2n) is 3.69. The molecule has 0 saturated heterocycles. The molecule has 0 bridgehead atoms. The van der Waals surface area contributed by atoms with Crippen molar-refractivity contribution in [2.45, 2.75) is 13.0 Å². The van der Waals surface area contributed by atoms with Gasteiger partial charge in [-0.2, -0.15) is 0 Å². The van der Waals surface area contributed by atoms with Crippen LogP contribution in [0.1, 0.15) is 18.5 Å². The van der Waals surface area contributed by atoms with E-state index >= 15 is 0 Å². The van der Waals surface area contributed by atoms with Crippen LogP contribution < -0.4 is 11.5 Å². The fourth-order valence-corrected chi connectivity index (χ4v) is 1.53. The molecule has 4 N–H and O–H groups in total. The lowest BCUT2D eigenvalue weighted by atomic mass is 10.0. The summed E-state index contributed by atoms with van der Waals surface area (Å²) in [6.45, 7) is 1.94. The first kappa shape index (κ1) is 12.6. The summed E-state index contributed by atoms with van der Waals surface area (Å²) in [4.78, 5) is 0.